The number of rotatable bonds is 4. The van der Waals surface area contributed by atoms with E-state index in [0.717, 1.165) is 23.9 Å². The molecule has 9 heteroatoms. The molecule has 1 fully saturated rings. The van der Waals surface area contributed by atoms with E-state index in [1.54, 1.807) is 47.7 Å². The fraction of sp³-hybridized carbons (Fsp3) is 0.250. The van der Waals surface area contributed by atoms with E-state index >= 15 is 0 Å². The highest BCUT2D eigenvalue weighted by atomic mass is 79.9. The third kappa shape index (κ3) is 4.51. The molecule has 1 saturated heterocycles. The first-order valence-electron chi connectivity index (χ1n) is 9.13. The molecule has 7 nitrogen and oxygen atoms in total. The minimum atomic E-state index is -0.344. The van der Waals surface area contributed by atoms with Crippen LogP contribution >= 0.6 is 27.3 Å². The second-order valence-corrected chi connectivity index (χ2v) is 8.30. The van der Waals surface area contributed by atoms with Crippen LogP contribution in [0.3, 0.4) is 0 Å². The minimum Gasteiger partial charge on any atom is -0.444 e. The Morgan fingerprint density at radius 2 is 1.83 bits per heavy atom. The van der Waals surface area contributed by atoms with E-state index < -0.39 is 0 Å². The fourth-order valence-corrected chi connectivity index (χ4v) is 4.26. The Balaban J connectivity index is 1.34. The zero-order valence-electron chi connectivity index (χ0n) is 15.7. The summed E-state index contributed by atoms with van der Waals surface area (Å²) < 4.78 is 5.73. The molecule has 1 aliphatic heterocycles. The van der Waals surface area contributed by atoms with Crippen molar-refractivity contribution in [3.8, 4) is 0 Å². The molecule has 0 atom stereocenters. The van der Waals surface area contributed by atoms with Gasteiger partial charge in [0, 0.05) is 42.8 Å². The van der Waals surface area contributed by atoms with E-state index in [0.29, 0.717) is 29.0 Å². The molecule has 0 radical (unpaired) electrons. The summed E-state index contributed by atoms with van der Waals surface area (Å²) in [4.78, 5) is 33.5. The van der Waals surface area contributed by atoms with Gasteiger partial charge < -0.3 is 19.5 Å². The van der Waals surface area contributed by atoms with Gasteiger partial charge in [-0.15, -0.1) is 11.3 Å². The van der Waals surface area contributed by atoms with Crippen LogP contribution in [0.1, 0.15) is 26.6 Å². The lowest BCUT2D eigenvalue weighted by Crippen LogP contribution is -2.48. The Morgan fingerprint density at radius 3 is 2.41 bits per heavy atom. The highest BCUT2D eigenvalue weighted by molar-refractivity contribution is 9.10. The zero-order valence-corrected chi connectivity index (χ0v) is 18.1. The summed E-state index contributed by atoms with van der Waals surface area (Å²) in [6, 6.07) is 10.1. The standard InChI is InChI=1S/C20H19BrN4O3S/c1-13-12-29-20(22-13)25-10-8-24(9-11-25)19(27)14-2-4-15(5-3-14)23-18(26)16-6-7-17(21)28-16/h2-7,12H,8-11H2,1H3,(H,23,26). The van der Waals surface area contributed by atoms with Crippen LogP contribution in [0.4, 0.5) is 10.8 Å². The number of carbonyl (C=O) groups is 2. The van der Waals surface area contributed by atoms with Gasteiger partial charge in [-0.3, -0.25) is 9.59 Å². The van der Waals surface area contributed by atoms with Crippen LogP contribution in [0.5, 0.6) is 0 Å². The molecule has 2 aromatic heterocycles. The van der Waals surface area contributed by atoms with Crippen LogP contribution in [0.15, 0.2) is 50.9 Å². The van der Waals surface area contributed by atoms with Crippen LogP contribution in [-0.2, 0) is 0 Å². The quantitative estimate of drug-likeness (QED) is 0.617. The number of hydrogen-bond donors (Lipinski definition) is 1. The third-order valence-corrected chi connectivity index (χ3v) is 6.08. The summed E-state index contributed by atoms with van der Waals surface area (Å²) in [5, 5.41) is 5.80. The average Bonchev–Trinajstić information content (AvgIpc) is 3.36. The number of hydrogen-bond acceptors (Lipinski definition) is 6. The molecule has 4 rings (SSSR count). The maximum Gasteiger partial charge on any atom is 0.291 e. The third-order valence-electron chi connectivity index (χ3n) is 4.63. The van der Waals surface area contributed by atoms with Gasteiger partial charge in [-0.25, -0.2) is 4.98 Å². The molecule has 0 aliphatic carbocycles. The first-order valence-corrected chi connectivity index (χ1v) is 10.8. The number of nitrogens with one attached hydrogen (secondary N) is 1. The molecule has 1 aromatic carbocycles. The molecular formula is C20H19BrN4O3S. The van der Waals surface area contributed by atoms with Crippen LogP contribution in [0, 0.1) is 6.92 Å². The van der Waals surface area contributed by atoms with Gasteiger partial charge in [0.05, 0.1) is 5.69 Å². The Labute approximate surface area is 180 Å². The number of furan rings is 1. The molecule has 2 amide bonds. The molecule has 29 heavy (non-hydrogen) atoms. The SMILES string of the molecule is Cc1csc(N2CCN(C(=O)c3ccc(NC(=O)c4ccc(Br)o4)cc3)CC2)n1. The van der Waals surface area contributed by atoms with Crippen molar-refractivity contribution in [1.29, 1.82) is 0 Å². The monoisotopic (exact) mass is 474 g/mol. The summed E-state index contributed by atoms with van der Waals surface area (Å²) in [5.74, 6) is -0.138. The second kappa shape index (κ2) is 8.38. The number of nitrogens with zero attached hydrogens (tertiary/aromatic N) is 3. The number of thiazole rings is 1. The highest BCUT2D eigenvalue weighted by Gasteiger charge is 2.23. The van der Waals surface area contributed by atoms with Gasteiger partial charge in [0.2, 0.25) is 0 Å². The molecule has 0 spiro atoms. The number of piperazine rings is 1. The topological polar surface area (TPSA) is 78.7 Å². The van der Waals surface area contributed by atoms with Crippen molar-refractivity contribution >= 4 is 49.9 Å². The molecule has 0 unspecified atom stereocenters. The summed E-state index contributed by atoms with van der Waals surface area (Å²) in [5.41, 5.74) is 2.22. The van der Waals surface area contributed by atoms with Crippen LogP contribution in [0.2, 0.25) is 0 Å². The van der Waals surface area contributed by atoms with Crippen molar-refractivity contribution in [2.75, 3.05) is 36.4 Å². The second-order valence-electron chi connectivity index (χ2n) is 6.69. The van der Waals surface area contributed by atoms with Gasteiger partial charge in [-0.05, 0) is 59.3 Å². The molecule has 150 valence electrons. The van der Waals surface area contributed by atoms with Crippen LogP contribution in [0.25, 0.3) is 0 Å². The van der Waals surface area contributed by atoms with Crippen molar-refractivity contribution in [2.45, 2.75) is 6.92 Å². The van der Waals surface area contributed by atoms with Crippen molar-refractivity contribution in [2.24, 2.45) is 0 Å². The van der Waals surface area contributed by atoms with Gasteiger partial charge in [-0.1, -0.05) is 0 Å². The number of amides is 2. The summed E-state index contributed by atoms with van der Waals surface area (Å²) in [7, 11) is 0. The molecule has 0 saturated carbocycles. The number of aryl methyl sites for hydroxylation is 1. The van der Waals surface area contributed by atoms with Gasteiger partial charge in [0.25, 0.3) is 11.8 Å². The lowest BCUT2D eigenvalue weighted by atomic mass is 10.1. The van der Waals surface area contributed by atoms with E-state index in [2.05, 4.69) is 31.1 Å². The van der Waals surface area contributed by atoms with E-state index in [-0.39, 0.29) is 17.6 Å². The smallest absolute Gasteiger partial charge is 0.291 e. The van der Waals surface area contributed by atoms with Crippen molar-refractivity contribution in [1.82, 2.24) is 9.88 Å². The molecule has 3 aromatic rings. The maximum atomic E-state index is 12.8. The van der Waals surface area contributed by atoms with Crippen LogP contribution < -0.4 is 10.2 Å². The normalized spacial score (nSPS) is 14.1. The predicted molar refractivity (Wildman–Crippen MR) is 116 cm³/mol. The minimum absolute atomic E-state index is 0.00666. The summed E-state index contributed by atoms with van der Waals surface area (Å²) >= 11 is 4.81. The lowest BCUT2D eigenvalue weighted by Gasteiger charge is -2.34. The highest BCUT2D eigenvalue weighted by Crippen LogP contribution is 2.22. The average molecular weight is 475 g/mol. The predicted octanol–water partition coefficient (Wildman–Crippen LogP) is 4.02. The largest absolute Gasteiger partial charge is 0.444 e. The number of anilines is 2. The van der Waals surface area contributed by atoms with Gasteiger partial charge in [0.1, 0.15) is 0 Å². The van der Waals surface area contributed by atoms with E-state index in [4.69, 9.17) is 4.42 Å². The summed E-state index contributed by atoms with van der Waals surface area (Å²) in [6.45, 7) is 4.84. The molecule has 0 bridgehead atoms. The molecular weight excluding hydrogens is 456 g/mol. The molecule has 1 aliphatic rings. The zero-order chi connectivity index (χ0) is 20.4. The summed E-state index contributed by atoms with van der Waals surface area (Å²) in [6.07, 6.45) is 0. The van der Waals surface area contributed by atoms with Gasteiger partial charge in [-0.2, -0.15) is 0 Å². The Kier molecular flexibility index (Phi) is 5.68. The Morgan fingerprint density at radius 1 is 1.10 bits per heavy atom. The number of benzene rings is 1. The van der Waals surface area contributed by atoms with E-state index in [9.17, 15) is 9.59 Å². The molecule has 3 heterocycles. The number of aromatic nitrogens is 1. The lowest BCUT2D eigenvalue weighted by molar-refractivity contribution is 0.0746. The first-order chi connectivity index (χ1) is 14.0. The Hall–Kier alpha value is -2.65. The van der Waals surface area contributed by atoms with Gasteiger partial charge in [0.15, 0.2) is 15.6 Å². The Bertz CT molecular complexity index is 1020. The van der Waals surface area contributed by atoms with Crippen molar-refractivity contribution in [3.05, 3.63) is 63.5 Å². The van der Waals surface area contributed by atoms with Crippen molar-refractivity contribution < 1.29 is 14.0 Å². The van der Waals surface area contributed by atoms with Crippen LogP contribution in [-0.4, -0.2) is 47.9 Å². The maximum absolute atomic E-state index is 12.8. The van der Waals surface area contributed by atoms with E-state index in [1.165, 1.54) is 0 Å². The molecule has 1 N–H and O–H groups in total. The van der Waals surface area contributed by atoms with E-state index in [1.807, 2.05) is 17.2 Å². The number of carbonyl (C=O) groups excluding carboxylic acids is 2. The van der Waals surface area contributed by atoms with Crippen molar-refractivity contribution in [3.63, 3.8) is 0 Å². The number of halogens is 1. The fourth-order valence-electron chi connectivity index (χ4n) is 3.10. The first kappa shape index (κ1) is 19.7. The van der Waals surface area contributed by atoms with Gasteiger partial charge >= 0.3 is 0 Å².